The van der Waals surface area contributed by atoms with Gasteiger partial charge in [0.25, 0.3) is 0 Å². The summed E-state index contributed by atoms with van der Waals surface area (Å²) in [7, 11) is -3.08. The van der Waals surface area contributed by atoms with E-state index in [1.807, 2.05) is 0 Å². The minimum absolute atomic E-state index is 0.111. The molecule has 0 aromatic heterocycles. The van der Waals surface area contributed by atoms with Crippen molar-refractivity contribution in [3.8, 4) is 6.07 Å². The molecule has 1 fully saturated rings. The van der Waals surface area contributed by atoms with Crippen molar-refractivity contribution in [2.24, 2.45) is 5.92 Å². The standard InChI is InChI=1S/C16H21NO3S/c1-16(18,13-6-3-5-12(9-13)11-17)14-7-4-8-15(10-14)21(2,19)20/h3,5-6,9,14-15,18H,4,7-8,10H2,1-2H3. The molecule has 0 saturated heterocycles. The van der Waals surface area contributed by atoms with E-state index in [9.17, 15) is 13.5 Å². The van der Waals surface area contributed by atoms with E-state index in [4.69, 9.17) is 5.26 Å². The first-order valence-electron chi connectivity index (χ1n) is 7.17. The molecule has 114 valence electrons. The number of nitriles is 1. The second-order valence-corrected chi connectivity index (χ2v) is 8.48. The summed E-state index contributed by atoms with van der Waals surface area (Å²) < 4.78 is 23.5. The van der Waals surface area contributed by atoms with Crippen molar-refractivity contribution in [3.63, 3.8) is 0 Å². The lowest BCUT2D eigenvalue weighted by Crippen LogP contribution is -2.39. The summed E-state index contributed by atoms with van der Waals surface area (Å²) in [6.45, 7) is 1.72. The molecule has 0 aliphatic heterocycles. The van der Waals surface area contributed by atoms with Crippen LogP contribution in [0.15, 0.2) is 24.3 Å². The van der Waals surface area contributed by atoms with Gasteiger partial charge in [0, 0.05) is 6.26 Å². The van der Waals surface area contributed by atoms with Crippen molar-refractivity contribution in [2.45, 2.75) is 43.5 Å². The maximum atomic E-state index is 11.8. The Morgan fingerprint density at radius 1 is 1.38 bits per heavy atom. The third-order valence-electron chi connectivity index (χ3n) is 4.60. The number of hydrogen-bond donors (Lipinski definition) is 1. The summed E-state index contributed by atoms with van der Waals surface area (Å²) in [5, 5.41) is 19.5. The van der Waals surface area contributed by atoms with Crippen LogP contribution in [0.25, 0.3) is 0 Å². The van der Waals surface area contributed by atoms with Gasteiger partial charge in [-0.1, -0.05) is 18.6 Å². The van der Waals surface area contributed by atoms with Crippen molar-refractivity contribution in [1.29, 1.82) is 5.26 Å². The van der Waals surface area contributed by atoms with Gasteiger partial charge in [0.2, 0.25) is 0 Å². The van der Waals surface area contributed by atoms with Crippen molar-refractivity contribution < 1.29 is 13.5 Å². The van der Waals surface area contributed by atoms with E-state index in [-0.39, 0.29) is 11.2 Å². The van der Waals surface area contributed by atoms with Gasteiger partial charge >= 0.3 is 0 Å². The molecule has 4 nitrogen and oxygen atoms in total. The first-order valence-corrected chi connectivity index (χ1v) is 9.12. The van der Waals surface area contributed by atoms with Crippen LogP contribution in [0, 0.1) is 17.2 Å². The molecule has 1 aromatic rings. The molecule has 2 rings (SSSR count). The molecule has 1 N–H and O–H groups in total. The fraction of sp³-hybridized carbons (Fsp3) is 0.562. The highest BCUT2D eigenvalue weighted by Crippen LogP contribution is 2.40. The molecule has 1 aliphatic rings. The van der Waals surface area contributed by atoms with Gasteiger partial charge in [-0.05, 0) is 49.8 Å². The van der Waals surface area contributed by atoms with Crippen LogP contribution in [-0.2, 0) is 15.4 Å². The quantitative estimate of drug-likeness (QED) is 0.930. The summed E-state index contributed by atoms with van der Waals surface area (Å²) in [6, 6.07) is 8.99. The largest absolute Gasteiger partial charge is 0.385 e. The number of nitrogens with zero attached hydrogens (tertiary/aromatic N) is 1. The minimum Gasteiger partial charge on any atom is -0.385 e. The molecule has 0 heterocycles. The van der Waals surface area contributed by atoms with Crippen LogP contribution in [0.5, 0.6) is 0 Å². The SMILES string of the molecule is CC(O)(c1cccc(C#N)c1)C1CCCC(S(C)(=O)=O)C1. The molecular formula is C16H21NO3S. The average molecular weight is 307 g/mol. The predicted molar refractivity (Wildman–Crippen MR) is 81.3 cm³/mol. The van der Waals surface area contributed by atoms with E-state index in [1.54, 1.807) is 31.2 Å². The smallest absolute Gasteiger partial charge is 0.150 e. The Labute approximate surface area is 126 Å². The van der Waals surface area contributed by atoms with Crippen molar-refractivity contribution in [2.75, 3.05) is 6.26 Å². The summed E-state index contributed by atoms with van der Waals surface area (Å²) in [4.78, 5) is 0. The summed E-state index contributed by atoms with van der Waals surface area (Å²) in [5.41, 5.74) is 0.0694. The van der Waals surface area contributed by atoms with Crippen LogP contribution in [0.2, 0.25) is 0 Å². The van der Waals surface area contributed by atoms with E-state index in [0.717, 1.165) is 12.8 Å². The van der Waals surface area contributed by atoms with Crippen LogP contribution in [0.1, 0.15) is 43.7 Å². The van der Waals surface area contributed by atoms with Gasteiger partial charge in [-0.15, -0.1) is 0 Å². The number of rotatable bonds is 3. The first kappa shape index (κ1) is 16.0. The fourth-order valence-electron chi connectivity index (χ4n) is 3.18. The van der Waals surface area contributed by atoms with Gasteiger partial charge in [0.15, 0.2) is 0 Å². The normalized spacial score (nSPS) is 25.8. The van der Waals surface area contributed by atoms with E-state index < -0.39 is 15.4 Å². The maximum absolute atomic E-state index is 11.8. The lowest BCUT2D eigenvalue weighted by Gasteiger charge is -2.38. The zero-order chi connectivity index (χ0) is 15.7. The Balaban J connectivity index is 2.28. The summed E-state index contributed by atoms with van der Waals surface area (Å²) >= 11 is 0. The van der Waals surface area contributed by atoms with E-state index in [0.29, 0.717) is 24.0 Å². The van der Waals surface area contributed by atoms with Gasteiger partial charge in [-0.25, -0.2) is 8.42 Å². The van der Waals surface area contributed by atoms with Gasteiger partial charge in [-0.3, -0.25) is 0 Å². The summed E-state index contributed by atoms with van der Waals surface area (Å²) in [5.74, 6) is -0.111. The first-order chi connectivity index (χ1) is 9.75. The predicted octanol–water partition coefficient (Wildman–Crippen LogP) is 2.37. The van der Waals surface area contributed by atoms with Crippen LogP contribution >= 0.6 is 0 Å². The minimum atomic E-state index is -3.08. The maximum Gasteiger partial charge on any atom is 0.150 e. The number of hydrogen-bond acceptors (Lipinski definition) is 4. The second kappa shape index (κ2) is 5.78. The Morgan fingerprint density at radius 2 is 2.10 bits per heavy atom. The topological polar surface area (TPSA) is 78.2 Å². The van der Waals surface area contributed by atoms with Gasteiger partial charge in [0.05, 0.1) is 22.5 Å². The molecule has 0 radical (unpaired) electrons. The van der Waals surface area contributed by atoms with Gasteiger partial charge < -0.3 is 5.11 Å². The molecule has 0 amide bonds. The molecule has 21 heavy (non-hydrogen) atoms. The van der Waals surface area contributed by atoms with Crippen molar-refractivity contribution in [3.05, 3.63) is 35.4 Å². The van der Waals surface area contributed by atoms with Crippen LogP contribution in [0.4, 0.5) is 0 Å². The third kappa shape index (κ3) is 3.45. The Bertz CT molecular complexity index is 658. The highest BCUT2D eigenvalue weighted by Gasteiger charge is 2.39. The Hall–Kier alpha value is -1.38. The third-order valence-corrected chi connectivity index (χ3v) is 6.24. The molecule has 5 heteroatoms. The van der Waals surface area contributed by atoms with E-state index in [2.05, 4.69) is 6.07 Å². The monoisotopic (exact) mass is 307 g/mol. The van der Waals surface area contributed by atoms with Crippen LogP contribution in [0.3, 0.4) is 0 Å². The van der Waals surface area contributed by atoms with Crippen LogP contribution < -0.4 is 0 Å². The van der Waals surface area contributed by atoms with E-state index in [1.165, 1.54) is 6.26 Å². The summed E-state index contributed by atoms with van der Waals surface area (Å²) in [6.07, 6.45) is 4.02. The molecule has 0 spiro atoms. The van der Waals surface area contributed by atoms with Gasteiger partial charge in [-0.2, -0.15) is 5.26 Å². The Kier molecular flexibility index (Phi) is 4.40. The lowest BCUT2D eigenvalue weighted by molar-refractivity contribution is -0.0208. The van der Waals surface area contributed by atoms with Crippen molar-refractivity contribution >= 4 is 9.84 Å². The highest BCUT2D eigenvalue weighted by molar-refractivity contribution is 7.91. The highest BCUT2D eigenvalue weighted by atomic mass is 32.2. The van der Waals surface area contributed by atoms with Crippen molar-refractivity contribution in [1.82, 2.24) is 0 Å². The molecule has 1 saturated carbocycles. The second-order valence-electron chi connectivity index (χ2n) is 6.16. The number of sulfone groups is 1. The van der Waals surface area contributed by atoms with Crippen LogP contribution in [-0.4, -0.2) is 25.0 Å². The average Bonchev–Trinajstić information content (AvgIpc) is 2.46. The molecular weight excluding hydrogens is 286 g/mol. The fourth-order valence-corrected chi connectivity index (χ4v) is 4.36. The number of benzene rings is 1. The molecule has 1 aliphatic carbocycles. The van der Waals surface area contributed by atoms with Gasteiger partial charge in [0.1, 0.15) is 9.84 Å². The number of aliphatic hydroxyl groups is 1. The molecule has 1 aromatic carbocycles. The Morgan fingerprint density at radius 3 is 2.71 bits per heavy atom. The zero-order valence-corrected chi connectivity index (χ0v) is 13.2. The van der Waals surface area contributed by atoms with E-state index >= 15 is 0 Å². The lowest BCUT2D eigenvalue weighted by atomic mass is 9.74. The zero-order valence-electron chi connectivity index (χ0n) is 12.4. The molecule has 3 unspecified atom stereocenters. The molecule has 0 bridgehead atoms. The molecule has 3 atom stereocenters.